The molecule has 1 N–H and O–H groups in total. The molecule has 0 spiro atoms. The van der Waals surface area contributed by atoms with Crippen molar-refractivity contribution in [3.63, 3.8) is 0 Å². The maximum absolute atomic E-state index is 12.4. The van der Waals surface area contributed by atoms with Gasteiger partial charge >= 0.3 is 0 Å². The van der Waals surface area contributed by atoms with Gasteiger partial charge in [-0.1, -0.05) is 6.92 Å². The molecule has 128 valence electrons. The van der Waals surface area contributed by atoms with Crippen molar-refractivity contribution in [3.8, 4) is 0 Å². The van der Waals surface area contributed by atoms with Gasteiger partial charge in [0.1, 0.15) is 4.88 Å². The van der Waals surface area contributed by atoms with E-state index in [-0.39, 0.29) is 17.5 Å². The fraction of sp³-hybridized carbons (Fsp3) is 0.500. The maximum Gasteiger partial charge on any atom is 0.293 e. The molecule has 3 heterocycles. The lowest BCUT2D eigenvalue weighted by Crippen LogP contribution is -2.49. The average Bonchev–Trinajstić information content (AvgIpc) is 3.07. The molecule has 0 unspecified atom stereocenters. The molecule has 0 bridgehead atoms. The van der Waals surface area contributed by atoms with Gasteiger partial charge in [-0.15, -0.1) is 11.3 Å². The average molecular weight is 347 g/mol. The number of nitrogens with one attached hydrogen (secondary N) is 1. The van der Waals surface area contributed by atoms with Crippen LogP contribution in [-0.4, -0.2) is 39.6 Å². The Morgan fingerprint density at radius 1 is 1.46 bits per heavy atom. The topological polar surface area (TPSA) is 80.1 Å². The molecule has 8 heteroatoms. The van der Waals surface area contributed by atoms with Crippen LogP contribution in [0.5, 0.6) is 0 Å². The van der Waals surface area contributed by atoms with Gasteiger partial charge in [-0.2, -0.15) is 0 Å². The Bertz CT molecular complexity index is 785. The molecule has 0 aliphatic carbocycles. The van der Waals surface area contributed by atoms with Crippen LogP contribution in [0.3, 0.4) is 0 Å². The minimum atomic E-state index is -0.112. The molecule has 1 saturated heterocycles. The van der Waals surface area contributed by atoms with Crippen LogP contribution in [0.4, 0.5) is 5.82 Å². The summed E-state index contributed by atoms with van der Waals surface area (Å²) in [7, 11) is 1.71. The number of carbonyl (C=O) groups is 1. The Balaban J connectivity index is 1.68. The number of aromatic nitrogens is 3. The second-order valence-electron chi connectivity index (χ2n) is 5.90. The van der Waals surface area contributed by atoms with Gasteiger partial charge < -0.3 is 14.8 Å². The Morgan fingerprint density at radius 2 is 2.29 bits per heavy atom. The van der Waals surface area contributed by atoms with Gasteiger partial charge in [-0.3, -0.25) is 9.59 Å². The lowest BCUT2D eigenvalue weighted by atomic mass is 10.1. The summed E-state index contributed by atoms with van der Waals surface area (Å²) in [5, 5.41) is 4.02. The zero-order valence-corrected chi connectivity index (χ0v) is 14.7. The number of nitrogens with zero attached hydrogens (tertiary/aromatic N) is 4. The summed E-state index contributed by atoms with van der Waals surface area (Å²) in [6, 6.07) is 0.00476. The van der Waals surface area contributed by atoms with Crippen LogP contribution in [0.2, 0.25) is 0 Å². The summed E-state index contributed by atoms with van der Waals surface area (Å²) >= 11 is 1.43. The molecular formula is C16H21N5O2S. The molecule has 0 radical (unpaired) electrons. The van der Waals surface area contributed by atoms with E-state index in [9.17, 15) is 9.59 Å². The predicted octanol–water partition coefficient (Wildman–Crippen LogP) is 1.20. The number of anilines is 1. The van der Waals surface area contributed by atoms with Crippen LogP contribution in [-0.2, 0) is 13.5 Å². The van der Waals surface area contributed by atoms with Gasteiger partial charge in [-0.05, 0) is 19.3 Å². The summed E-state index contributed by atoms with van der Waals surface area (Å²) in [4.78, 5) is 35.6. The predicted molar refractivity (Wildman–Crippen MR) is 93.7 cm³/mol. The zero-order valence-electron chi connectivity index (χ0n) is 13.9. The highest BCUT2D eigenvalue weighted by Gasteiger charge is 2.25. The molecule has 7 nitrogen and oxygen atoms in total. The van der Waals surface area contributed by atoms with E-state index in [4.69, 9.17) is 0 Å². The summed E-state index contributed by atoms with van der Waals surface area (Å²) in [5.41, 5.74) is -0.112. The molecule has 2 aromatic rings. The first-order valence-corrected chi connectivity index (χ1v) is 8.92. The first-order chi connectivity index (χ1) is 11.6. The summed E-state index contributed by atoms with van der Waals surface area (Å²) in [6.07, 6.45) is 7.54. The number of hydrogen-bond acceptors (Lipinski definition) is 6. The number of piperidine rings is 1. The third kappa shape index (κ3) is 3.48. The van der Waals surface area contributed by atoms with E-state index in [2.05, 4.69) is 15.3 Å². The van der Waals surface area contributed by atoms with Gasteiger partial charge in [0, 0.05) is 38.6 Å². The Kier molecular flexibility index (Phi) is 4.94. The smallest absolute Gasteiger partial charge is 0.293 e. The fourth-order valence-corrected chi connectivity index (χ4v) is 3.58. The van der Waals surface area contributed by atoms with Crippen molar-refractivity contribution in [2.75, 3.05) is 18.0 Å². The highest BCUT2D eigenvalue weighted by molar-refractivity contribution is 7.13. The number of hydrogen-bond donors (Lipinski definition) is 1. The molecular weight excluding hydrogens is 326 g/mol. The van der Waals surface area contributed by atoms with E-state index >= 15 is 0 Å². The lowest BCUT2D eigenvalue weighted by Gasteiger charge is -2.33. The second kappa shape index (κ2) is 7.12. The highest BCUT2D eigenvalue weighted by Crippen LogP contribution is 2.17. The number of carbonyl (C=O) groups excluding carboxylic acids is 1. The second-order valence-corrected chi connectivity index (χ2v) is 7.01. The number of rotatable bonds is 4. The molecule has 0 saturated carbocycles. The Hall–Kier alpha value is -2.22. The van der Waals surface area contributed by atoms with E-state index in [1.807, 2.05) is 11.8 Å². The van der Waals surface area contributed by atoms with E-state index in [1.54, 1.807) is 25.6 Å². The van der Waals surface area contributed by atoms with Crippen LogP contribution in [0.1, 0.15) is 34.4 Å². The highest BCUT2D eigenvalue weighted by atomic mass is 32.1. The molecule has 1 amide bonds. The van der Waals surface area contributed by atoms with Crippen molar-refractivity contribution in [1.29, 1.82) is 0 Å². The normalized spacial score (nSPS) is 17.8. The van der Waals surface area contributed by atoms with Gasteiger partial charge in [0.15, 0.2) is 5.82 Å². The van der Waals surface area contributed by atoms with Crippen LogP contribution in [0, 0.1) is 0 Å². The largest absolute Gasteiger partial charge is 0.350 e. The molecule has 1 aliphatic rings. The SMILES string of the molecule is CCc1ncc(C(=O)N[C@@H]2CCCN(c3nccn(C)c3=O)C2)s1. The third-order valence-electron chi connectivity index (χ3n) is 4.13. The molecule has 2 aromatic heterocycles. The molecule has 1 aliphatic heterocycles. The van der Waals surface area contributed by atoms with Crippen molar-refractivity contribution in [2.45, 2.75) is 32.2 Å². The van der Waals surface area contributed by atoms with Crippen LogP contribution in [0.15, 0.2) is 23.4 Å². The number of thiazole rings is 1. The van der Waals surface area contributed by atoms with Crippen molar-refractivity contribution in [2.24, 2.45) is 7.05 Å². The Morgan fingerprint density at radius 3 is 3.04 bits per heavy atom. The summed E-state index contributed by atoms with van der Waals surface area (Å²) in [5.74, 6) is 0.359. The van der Waals surface area contributed by atoms with E-state index in [1.165, 1.54) is 15.9 Å². The van der Waals surface area contributed by atoms with Gasteiger partial charge in [-0.25, -0.2) is 9.97 Å². The van der Waals surface area contributed by atoms with Crippen LogP contribution < -0.4 is 15.8 Å². The summed E-state index contributed by atoms with van der Waals surface area (Å²) < 4.78 is 1.52. The minimum Gasteiger partial charge on any atom is -0.350 e. The van der Waals surface area contributed by atoms with Crippen molar-refractivity contribution >= 4 is 23.1 Å². The lowest BCUT2D eigenvalue weighted by molar-refractivity contribution is 0.0937. The molecule has 1 fully saturated rings. The third-order valence-corrected chi connectivity index (χ3v) is 5.28. The monoisotopic (exact) mass is 347 g/mol. The van der Waals surface area contributed by atoms with Gasteiger partial charge in [0.05, 0.1) is 11.2 Å². The zero-order chi connectivity index (χ0) is 17.1. The number of aryl methyl sites for hydroxylation is 2. The van der Waals surface area contributed by atoms with Crippen molar-refractivity contribution in [1.82, 2.24) is 19.9 Å². The summed E-state index contributed by atoms with van der Waals surface area (Å²) in [6.45, 7) is 3.39. The molecule has 0 aromatic carbocycles. The van der Waals surface area contributed by atoms with Gasteiger partial charge in [0.25, 0.3) is 11.5 Å². The maximum atomic E-state index is 12.4. The van der Waals surface area contributed by atoms with E-state index < -0.39 is 0 Å². The van der Waals surface area contributed by atoms with Gasteiger partial charge in [0.2, 0.25) is 0 Å². The van der Waals surface area contributed by atoms with Crippen molar-refractivity contribution in [3.05, 3.63) is 38.8 Å². The number of amides is 1. The molecule has 1 atom stereocenters. The first-order valence-electron chi connectivity index (χ1n) is 8.10. The van der Waals surface area contributed by atoms with Crippen molar-refractivity contribution < 1.29 is 4.79 Å². The quantitative estimate of drug-likeness (QED) is 0.899. The molecule has 24 heavy (non-hydrogen) atoms. The first kappa shape index (κ1) is 16.6. The van der Waals surface area contributed by atoms with E-state index in [0.29, 0.717) is 17.2 Å². The minimum absolute atomic E-state index is 0.00476. The standard InChI is InChI=1S/C16H21N5O2S/c1-3-13-18-9-12(24-13)15(22)19-11-5-4-7-21(10-11)14-16(23)20(2)8-6-17-14/h6,8-9,11H,3-5,7,10H2,1-2H3,(H,19,22)/t11-/m1/s1. The van der Waals surface area contributed by atoms with Crippen LogP contribution >= 0.6 is 11.3 Å². The Labute approximate surface area is 144 Å². The van der Waals surface area contributed by atoms with Crippen LogP contribution in [0.25, 0.3) is 0 Å². The van der Waals surface area contributed by atoms with E-state index in [0.717, 1.165) is 30.8 Å². The molecule has 3 rings (SSSR count). The fourth-order valence-electron chi connectivity index (χ4n) is 2.82.